The fourth-order valence-electron chi connectivity index (χ4n) is 1.24. The molecule has 0 unspecified atom stereocenters. The molecule has 1 aromatic heterocycles. The van der Waals surface area contributed by atoms with E-state index in [1.54, 1.807) is 0 Å². The van der Waals surface area contributed by atoms with Crippen LogP contribution in [-0.2, 0) is 0 Å². The van der Waals surface area contributed by atoms with Crippen LogP contribution in [0.2, 0.25) is 0 Å². The maximum atomic E-state index is 13.4. The van der Waals surface area contributed by atoms with Crippen LogP contribution in [0.25, 0.3) is 0 Å². The normalized spacial score (nSPS) is 10.2. The minimum absolute atomic E-state index is 0.0202. The molecule has 0 aliphatic carbocycles. The van der Waals surface area contributed by atoms with Gasteiger partial charge < -0.3 is 16.2 Å². The fraction of sp³-hybridized carbons (Fsp3) is 0. The van der Waals surface area contributed by atoms with E-state index in [0.717, 1.165) is 17.4 Å². The number of amides is 1. The average Bonchev–Trinajstić information content (AvgIpc) is 2.63. The highest BCUT2D eigenvalue weighted by molar-refractivity contribution is 7.17. The number of primary amides is 1. The largest absolute Gasteiger partial charge is 0.430 e. The van der Waals surface area contributed by atoms with Gasteiger partial charge in [0, 0.05) is 0 Å². The van der Waals surface area contributed by atoms with Gasteiger partial charge in [-0.2, -0.15) is 0 Å². The first-order valence-corrected chi connectivity index (χ1v) is 5.37. The van der Waals surface area contributed by atoms with E-state index in [1.807, 2.05) is 0 Å². The van der Waals surface area contributed by atoms with E-state index in [0.29, 0.717) is 5.00 Å². The van der Waals surface area contributed by atoms with E-state index in [-0.39, 0.29) is 16.5 Å². The lowest BCUT2D eigenvalue weighted by Gasteiger charge is -2.06. The summed E-state index contributed by atoms with van der Waals surface area (Å²) in [7, 11) is 0. The van der Waals surface area contributed by atoms with Crippen LogP contribution < -0.4 is 16.2 Å². The number of carbonyl (C=O) groups is 1. The number of thiazole rings is 1. The number of nitrogen functional groups attached to an aromatic ring is 1. The highest BCUT2D eigenvalue weighted by Gasteiger charge is 2.16. The molecule has 1 heterocycles. The van der Waals surface area contributed by atoms with Crippen LogP contribution in [0.15, 0.2) is 24.4 Å². The SMILES string of the molecule is NC(=O)c1c(F)cccc1Oc1ncc(N)s1. The van der Waals surface area contributed by atoms with Crippen molar-refractivity contribution < 1.29 is 13.9 Å². The molecule has 0 radical (unpaired) electrons. The van der Waals surface area contributed by atoms with Crippen molar-refractivity contribution in [2.75, 3.05) is 5.73 Å². The number of benzene rings is 1. The summed E-state index contributed by atoms with van der Waals surface area (Å²) in [5.41, 5.74) is 10.2. The first-order chi connectivity index (χ1) is 8.08. The van der Waals surface area contributed by atoms with E-state index >= 15 is 0 Å². The second-order valence-corrected chi connectivity index (χ2v) is 4.13. The molecule has 4 N–H and O–H groups in total. The van der Waals surface area contributed by atoms with Gasteiger partial charge in [0.15, 0.2) is 0 Å². The van der Waals surface area contributed by atoms with E-state index in [4.69, 9.17) is 16.2 Å². The number of rotatable bonds is 3. The number of aromatic nitrogens is 1. The third kappa shape index (κ3) is 2.34. The van der Waals surface area contributed by atoms with Crippen LogP contribution in [0.3, 0.4) is 0 Å². The number of hydrogen-bond acceptors (Lipinski definition) is 5. The Labute approximate surface area is 99.8 Å². The number of carbonyl (C=O) groups excluding carboxylic acids is 1. The molecule has 2 rings (SSSR count). The molecule has 2 aromatic rings. The lowest BCUT2D eigenvalue weighted by atomic mass is 10.2. The van der Waals surface area contributed by atoms with Crippen LogP contribution >= 0.6 is 11.3 Å². The summed E-state index contributed by atoms with van der Waals surface area (Å²) in [4.78, 5) is 14.9. The summed E-state index contributed by atoms with van der Waals surface area (Å²) in [5.74, 6) is -1.62. The van der Waals surface area contributed by atoms with Gasteiger partial charge in [-0.05, 0) is 12.1 Å². The minimum atomic E-state index is -0.900. The third-order valence-electron chi connectivity index (χ3n) is 1.92. The highest BCUT2D eigenvalue weighted by Crippen LogP contribution is 2.30. The van der Waals surface area contributed by atoms with Crippen molar-refractivity contribution in [3.05, 3.63) is 35.8 Å². The number of anilines is 1. The molecule has 0 saturated heterocycles. The lowest BCUT2D eigenvalue weighted by Crippen LogP contribution is -2.14. The van der Waals surface area contributed by atoms with Gasteiger partial charge in [0.05, 0.1) is 6.20 Å². The van der Waals surface area contributed by atoms with Crippen molar-refractivity contribution in [3.63, 3.8) is 0 Å². The lowest BCUT2D eigenvalue weighted by molar-refractivity contribution is 0.0994. The monoisotopic (exact) mass is 253 g/mol. The number of hydrogen-bond donors (Lipinski definition) is 2. The molecule has 0 spiro atoms. The molecule has 7 heteroatoms. The molecule has 0 saturated carbocycles. The zero-order valence-electron chi connectivity index (χ0n) is 8.51. The second-order valence-electron chi connectivity index (χ2n) is 3.11. The standard InChI is InChI=1S/C10H8FN3O2S/c11-5-2-1-3-6(8(5)9(13)15)16-10-14-4-7(12)17-10/h1-4H,12H2,(H2,13,15). The molecular weight excluding hydrogens is 245 g/mol. The van der Waals surface area contributed by atoms with Gasteiger partial charge in [0.2, 0.25) is 0 Å². The maximum absolute atomic E-state index is 13.4. The van der Waals surface area contributed by atoms with Crippen molar-refractivity contribution >= 4 is 22.2 Å². The molecule has 0 aliphatic heterocycles. The zero-order chi connectivity index (χ0) is 12.4. The van der Waals surface area contributed by atoms with Crippen LogP contribution in [0.5, 0.6) is 10.9 Å². The molecule has 88 valence electrons. The van der Waals surface area contributed by atoms with Crippen molar-refractivity contribution in [2.45, 2.75) is 0 Å². The Morgan fingerprint density at radius 1 is 1.47 bits per heavy atom. The molecular formula is C10H8FN3O2S. The Balaban J connectivity index is 2.39. The van der Waals surface area contributed by atoms with Crippen LogP contribution in [-0.4, -0.2) is 10.9 Å². The second kappa shape index (κ2) is 4.38. The van der Waals surface area contributed by atoms with E-state index in [2.05, 4.69) is 4.98 Å². The minimum Gasteiger partial charge on any atom is -0.430 e. The fourth-order valence-corrected chi connectivity index (χ4v) is 1.78. The Morgan fingerprint density at radius 3 is 2.82 bits per heavy atom. The Kier molecular flexibility index (Phi) is 2.92. The van der Waals surface area contributed by atoms with Gasteiger partial charge in [0.1, 0.15) is 22.1 Å². The number of nitrogens with zero attached hydrogens (tertiary/aromatic N) is 1. The predicted molar refractivity (Wildman–Crippen MR) is 61.5 cm³/mol. The molecule has 0 fully saturated rings. The van der Waals surface area contributed by atoms with Crippen molar-refractivity contribution in [1.29, 1.82) is 0 Å². The summed E-state index contributed by atoms with van der Waals surface area (Å²) in [5, 5.41) is 0.674. The topological polar surface area (TPSA) is 91.2 Å². The third-order valence-corrected chi connectivity index (χ3v) is 2.63. The van der Waals surface area contributed by atoms with Gasteiger partial charge in [-0.15, -0.1) is 0 Å². The van der Waals surface area contributed by atoms with E-state index in [9.17, 15) is 9.18 Å². The quantitative estimate of drug-likeness (QED) is 0.871. The Morgan fingerprint density at radius 2 is 2.24 bits per heavy atom. The van der Waals surface area contributed by atoms with Gasteiger partial charge >= 0.3 is 0 Å². The molecule has 0 bridgehead atoms. The summed E-state index contributed by atoms with van der Waals surface area (Å²) in [6.45, 7) is 0. The maximum Gasteiger partial charge on any atom is 0.280 e. The van der Waals surface area contributed by atoms with Crippen LogP contribution in [0.4, 0.5) is 9.39 Å². The zero-order valence-corrected chi connectivity index (χ0v) is 9.33. The van der Waals surface area contributed by atoms with Gasteiger partial charge in [0.25, 0.3) is 11.1 Å². The molecule has 5 nitrogen and oxygen atoms in total. The molecule has 0 atom stereocenters. The Hall–Kier alpha value is -2.15. The Bertz CT molecular complexity index is 570. The van der Waals surface area contributed by atoms with Crippen molar-refractivity contribution in [3.8, 4) is 10.9 Å². The van der Waals surface area contributed by atoms with Gasteiger partial charge in [-0.3, -0.25) is 4.79 Å². The molecule has 1 amide bonds. The summed E-state index contributed by atoms with van der Waals surface area (Å²) in [6.07, 6.45) is 1.41. The molecule has 1 aromatic carbocycles. The first kappa shape index (κ1) is 11.3. The summed E-state index contributed by atoms with van der Waals surface area (Å²) < 4.78 is 18.6. The van der Waals surface area contributed by atoms with Crippen LogP contribution in [0, 0.1) is 5.82 Å². The smallest absolute Gasteiger partial charge is 0.280 e. The summed E-state index contributed by atoms with van der Waals surface area (Å²) >= 11 is 1.08. The van der Waals surface area contributed by atoms with E-state index < -0.39 is 11.7 Å². The first-order valence-electron chi connectivity index (χ1n) is 4.55. The number of nitrogens with two attached hydrogens (primary N) is 2. The summed E-state index contributed by atoms with van der Waals surface area (Å²) in [6, 6.07) is 3.97. The van der Waals surface area contributed by atoms with E-state index in [1.165, 1.54) is 18.3 Å². The number of ether oxygens (including phenoxy) is 1. The van der Waals surface area contributed by atoms with Crippen LogP contribution in [0.1, 0.15) is 10.4 Å². The highest BCUT2D eigenvalue weighted by atomic mass is 32.1. The van der Waals surface area contributed by atoms with Crippen molar-refractivity contribution in [1.82, 2.24) is 4.98 Å². The number of halogens is 1. The van der Waals surface area contributed by atoms with Crippen molar-refractivity contribution in [2.24, 2.45) is 5.73 Å². The molecule has 0 aliphatic rings. The van der Waals surface area contributed by atoms with Gasteiger partial charge in [-0.1, -0.05) is 17.4 Å². The predicted octanol–water partition coefficient (Wildman–Crippen LogP) is 1.76. The molecule has 17 heavy (non-hydrogen) atoms. The average molecular weight is 253 g/mol. The van der Waals surface area contributed by atoms with Gasteiger partial charge in [-0.25, -0.2) is 9.37 Å².